The number of morpholine rings is 1. The van der Waals surface area contributed by atoms with Gasteiger partial charge in [-0.05, 0) is 36.2 Å². The zero-order valence-electron chi connectivity index (χ0n) is 17.7. The third kappa shape index (κ3) is 5.08. The van der Waals surface area contributed by atoms with Gasteiger partial charge in [0.15, 0.2) is 0 Å². The Morgan fingerprint density at radius 2 is 1.87 bits per heavy atom. The molecule has 8 nitrogen and oxygen atoms in total. The Morgan fingerprint density at radius 3 is 2.55 bits per heavy atom. The third-order valence-electron chi connectivity index (χ3n) is 5.57. The molecule has 3 amide bonds. The van der Waals surface area contributed by atoms with Crippen molar-refractivity contribution in [3.63, 3.8) is 0 Å². The van der Waals surface area contributed by atoms with Gasteiger partial charge in [0.1, 0.15) is 5.75 Å². The molecule has 2 aliphatic heterocycles. The summed E-state index contributed by atoms with van der Waals surface area (Å²) in [5.74, 6) is 0.656. The molecule has 0 aliphatic carbocycles. The maximum atomic E-state index is 12.3. The van der Waals surface area contributed by atoms with Gasteiger partial charge in [-0.2, -0.15) is 0 Å². The van der Waals surface area contributed by atoms with Crippen molar-refractivity contribution >= 4 is 29.0 Å². The molecule has 2 aromatic rings. The van der Waals surface area contributed by atoms with Crippen LogP contribution in [-0.2, 0) is 16.1 Å². The predicted molar refractivity (Wildman–Crippen MR) is 120 cm³/mol. The van der Waals surface area contributed by atoms with Crippen molar-refractivity contribution in [1.29, 1.82) is 0 Å². The number of hydrogen-bond donors (Lipinski definition) is 2. The molecule has 2 aliphatic rings. The van der Waals surface area contributed by atoms with Gasteiger partial charge >= 0.3 is 6.03 Å². The van der Waals surface area contributed by atoms with Gasteiger partial charge in [0.2, 0.25) is 5.91 Å². The zero-order valence-corrected chi connectivity index (χ0v) is 17.7. The van der Waals surface area contributed by atoms with Gasteiger partial charge in [-0.15, -0.1) is 0 Å². The molecular weight excluding hydrogens is 396 g/mol. The summed E-state index contributed by atoms with van der Waals surface area (Å²) in [7, 11) is 1.56. The number of ether oxygens (including phenoxy) is 2. The summed E-state index contributed by atoms with van der Waals surface area (Å²) in [5, 5.41) is 5.70. The molecule has 2 heterocycles. The average Bonchev–Trinajstić information content (AvgIpc) is 3.24. The summed E-state index contributed by atoms with van der Waals surface area (Å²) in [6.07, 6.45) is 1.40. The van der Waals surface area contributed by atoms with Crippen molar-refractivity contribution in [2.45, 2.75) is 19.4 Å². The van der Waals surface area contributed by atoms with Crippen LogP contribution in [0.1, 0.15) is 18.4 Å². The van der Waals surface area contributed by atoms with Gasteiger partial charge < -0.3 is 29.9 Å². The minimum atomic E-state index is -0.302. The van der Waals surface area contributed by atoms with Crippen LogP contribution in [0.5, 0.6) is 5.75 Å². The number of benzene rings is 2. The van der Waals surface area contributed by atoms with Gasteiger partial charge in [-0.3, -0.25) is 4.79 Å². The number of hydrogen-bond acceptors (Lipinski definition) is 5. The number of urea groups is 1. The molecule has 0 radical (unpaired) electrons. The summed E-state index contributed by atoms with van der Waals surface area (Å²) >= 11 is 0. The van der Waals surface area contributed by atoms with Crippen LogP contribution in [-0.4, -0.2) is 51.9 Å². The Balaban J connectivity index is 1.32. The van der Waals surface area contributed by atoms with E-state index in [2.05, 4.69) is 27.7 Å². The highest BCUT2D eigenvalue weighted by Crippen LogP contribution is 2.33. The lowest BCUT2D eigenvalue weighted by Crippen LogP contribution is -2.36. The smallest absolute Gasteiger partial charge is 0.319 e. The maximum Gasteiger partial charge on any atom is 0.319 e. The second-order valence-electron chi connectivity index (χ2n) is 7.61. The number of rotatable bonds is 6. The number of amides is 3. The Hall–Kier alpha value is -3.26. The summed E-state index contributed by atoms with van der Waals surface area (Å²) in [6.45, 7) is 4.41. The fourth-order valence-corrected chi connectivity index (χ4v) is 3.89. The zero-order chi connectivity index (χ0) is 21.6. The number of methoxy groups -OCH3 is 1. The van der Waals surface area contributed by atoms with E-state index in [-0.39, 0.29) is 11.9 Å². The standard InChI is InChI=1S/C23H28N4O4/c1-30-21-15-18(6-9-20(21)27-10-2-3-22(27)28)25-23(29)24-16-17-4-7-19(8-5-17)26-11-13-31-14-12-26/h4-9,15H,2-3,10-14,16H2,1H3,(H2,24,25,29). The Bertz CT molecular complexity index is 926. The molecule has 2 saturated heterocycles. The largest absolute Gasteiger partial charge is 0.494 e. The number of carbonyl (C=O) groups is 2. The minimum absolute atomic E-state index is 0.0939. The Labute approximate surface area is 182 Å². The van der Waals surface area contributed by atoms with E-state index in [9.17, 15) is 9.59 Å². The number of nitrogens with zero attached hydrogens (tertiary/aromatic N) is 2. The average molecular weight is 425 g/mol. The second kappa shape index (κ2) is 9.70. The number of anilines is 3. The van der Waals surface area contributed by atoms with Crippen molar-refractivity contribution < 1.29 is 19.1 Å². The maximum absolute atomic E-state index is 12.3. The fourth-order valence-electron chi connectivity index (χ4n) is 3.89. The van der Waals surface area contributed by atoms with Gasteiger partial charge in [0.25, 0.3) is 0 Å². The monoisotopic (exact) mass is 424 g/mol. The number of carbonyl (C=O) groups excluding carboxylic acids is 2. The molecule has 2 fully saturated rings. The first-order chi connectivity index (χ1) is 15.1. The Morgan fingerprint density at radius 1 is 1.10 bits per heavy atom. The van der Waals surface area contributed by atoms with Gasteiger partial charge in [-0.1, -0.05) is 12.1 Å². The predicted octanol–water partition coefficient (Wildman–Crippen LogP) is 2.98. The summed E-state index contributed by atoms with van der Waals surface area (Å²) < 4.78 is 10.8. The molecule has 2 N–H and O–H groups in total. The normalized spacial score (nSPS) is 16.4. The molecule has 8 heteroatoms. The molecule has 0 spiro atoms. The van der Waals surface area contributed by atoms with E-state index in [4.69, 9.17) is 9.47 Å². The molecule has 4 rings (SSSR count). The summed E-state index contributed by atoms with van der Waals surface area (Å²) in [6, 6.07) is 13.2. The van der Waals surface area contributed by atoms with Crippen LogP contribution < -0.4 is 25.2 Å². The van der Waals surface area contributed by atoms with Gasteiger partial charge in [0, 0.05) is 50.0 Å². The third-order valence-corrected chi connectivity index (χ3v) is 5.57. The van der Waals surface area contributed by atoms with Crippen molar-refractivity contribution in [2.24, 2.45) is 0 Å². The Kier molecular flexibility index (Phi) is 6.57. The van der Waals surface area contributed by atoms with Gasteiger partial charge in [0.05, 0.1) is 26.0 Å². The van der Waals surface area contributed by atoms with Crippen LogP contribution in [0.4, 0.5) is 21.9 Å². The molecular formula is C23H28N4O4. The number of nitrogens with one attached hydrogen (secondary N) is 2. The lowest BCUT2D eigenvalue weighted by Gasteiger charge is -2.28. The van der Waals surface area contributed by atoms with E-state index in [1.54, 1.807) is 24.1 Å². The van der Waals surface area contributed by atoms with Crippen LogP contribution in [0, 0.1) is 0 Å². The summed E-state index contributed by atoms with van der Waals surface area (Å²) in [5.41, 5.74) is 3.52. The molecule has 164 valence electrons. The van der Waals surface area contributed by atoms with E-state index in [0.717, 1.165) is 44.0 Å². The highest BCUT2D eigenvalue weighted by molar-refractivity contribution is 5.97. The first kappa shape index (κ1) is 21.0. The molecule has 2 aromatic carbocycles. The van der Waals surface area contributed by atoms with E-state index in [0.29, 0.717) is 30.9 Å². The second-order valence-corrected chi connectivity index (χ2v) is 7.61. The molecule has 31 heavy (non-hydrogen) atoms. The van der Waals surface area contributed by atoms with E-state index in [1.165, 1.54) is 5.69 Å². The SMILES string of the molecule is COc1cc(NC(=O)NCc2ccc(N3CCOCC3)cc2)ccc1N1CCCC1=O. The fraction of sp³-hybridized carbons (Fsp3) is 0.391. The van der Waals surface area contributed by atoms with Crippen molar-refractivity contribution in [3.8, 4) is 5.75 Å². The molecule has 0 aromatic heterocycles. The summed E-state index contributed by atoms with van der Waals surface area (Å²) in [4.78, 5) is 28.4. The highest BCUT2D eigenvalue weighted by Gasteiger charge is 2.24. The van der Waals surface area contributed by atoms with E-state index in [1.807, 2.05) is 18.2 Å². The van der Waals surface area contributed by atoms with Gasteiger partial charge in [-0.25, -0.2) is 4.79 Å². The molecule has 0 unspecified atom stereocenters. The van der Waals surface area contributed by atoms with Crippen molar-refractivity contribution in [2.75, 3.05) is 55.1 Å². The van der Waals surface area contributed by atoms with E-state index < -0.39 is 0 Å². The first-order valence-corrected chi connectivity index (χ1v) is 10.6. The van der Waals surface area contributed by atoms with Crippen LogP contribution >= 0.6 is 0 Å². The lowest BCUT2D eigenvalue weighted by atomic mass is 10.2. The van der Waals surface area contributed by atoms with Crippen LogP contribution in [0.15, 0.2) is 42.5 Å². The van der Waals surface area contributed by atoms with Crippen molar-refractivity contribution in [3.05, 3.63) is 48.0 Å². The highest BCUT2D eigenvalue weighted by atomic mass is 16.5. The molecule has 0 atom stereocenters. The minimum Gasteiger partial charge on any atom is -0.494 e. The van der Waals surface area contributed by atoms with E-state index >= 15 is 0 Å². The van der Waals surface area contributed by atoms with Crippen LogP contribution in [0.2, 0.25) is 0 Å². The van der Waals surface area contributed by atoms with Crippen LogP contribution in [0.25, 0.3) is 0 Å². The molecule has 0 saturated carbocycles. The molecule has 0 bridgehead atoms. The van der Waals surface area contributed by atoms with Crippen molar-refractivity contribution in [1.82, 2.24) is 5.32 Å². The quantitative estimate of drug-likeness (QED) is 0.745. The van der Waals surface area contributed by atoms with Crippen LogP contribution in [0.3, 0.4) is 0 Å². The lowest BCUT2D eigenvalue weighted by molar-refractivity contribution is -0.117. The first-order valence-electron chi connectivity index (χ1n) is 10.6. The topological polar surface area (TPSA) is 83.1 Å².